The standard InChI is InChI=1S/C44H54O7/c45-29-19-5-3-1-2-4-6-20-30-47-44-43(50-34-39-27-17-10-18-28-39)42(49-33-38-25-15-9-16-26-38)41(48-32-37-23-13-8-14-24-37)40(51-44)35-46-31-36-21-11-7-12-22-36/h7-18,21-29,40-44H,1-6,19-20,30-35H2/t40-,41-,42+,43-,44?/m1/s1. The van der Waals surface area contributed by atoms with Crippen molar-refractivity contribution in [3.63, 3.8) is 0 Å². The number of carbonyl (C=O) groups excluding carboxylic acids is 1. The Morgan fingerprint density at radius 3 is 1.41 bits per heavy atom. The number of hydrogen-bond donors (Lipinski definition) is 0. The maximum atomic E-state index is 10.6. The maximum absolute atomic E-state index is 10.6. The van der Waals surface area contributed by atoms with Crippen molar-refractivity contribution in [3.8, 4) is 0 Å². The number of aldehydes is 1. The Bertz CT molecular complexity index is 1450. The van der Waals surface area contributed by atoms with Gasteiger partial charge in [-0.1, -0.05) is 153 Å². The second kappa shape index (κ2) is 23.0. The van der Waals surface area contributed by atoms with Gasteiger partial charge in [0, 0.05) is 13.0 Å². The fraction of sp³-hybridized carbons (Fsp3) is 0.432. The van der Waals surface area contributed by atoms with E-state index in [9.17, 15) is 4.79 Å². The zero-order valence-corrected chi connectivity index (χ0v) is 29.8. The van der Waals surface area contributed by atoms with E-state index in [1.165, 1.54) is 0 Å². The number of benzene rings is 4. The maximum Gasteiger partial charge on any atom is 0.186 e. The second-order valence-corrected chi connectivity index (χ2v) is 13.1. The fourth-order valence-electron chi connectivity index (χ4n) is 6.29. The molecule has 0 bridgehead atoms. The first-order chi connectivity index (χ1) is 25.3. The molecule has 5 rings (SSSR count). The molecule has 7 nitrogen and oxygen atoms in total. The summed E-state index contributed by atoms with van der Waals surface area (Å²) < 4.78 is 39.9. The molecular weight excluding hydrogens is 640 g/mol. The lowest BCUT2D eigenvalue weighted by atomic mass is 9.97. The molecule has 0 N–H and O–H groups in total. The van der Waals surface area contributed by atoms with E-state index in [4.69, 9.17) is 28.4 Å². The molecule has 0 aromatic heterocycles. The summed E-state index contributed by atoms with van der Waals surface area (Å²) >= 11 is 0. The Balaban J connectivity index is 1.33. The van der Waals surface area contributed by atoms with Crippen molar-refractivity contribution in [2.24, 2.45) is 0 Å². The van der Waals surface area contributed by atoms with Gasteiger partial charge < -0.3 is 33.2 Å². The van der Waals surface area contributed by atoms with Gasteiger partial charge in [0.05, 0.1) is 33.0 Å². The molecule has 0 amide bonds. The third-order valence-corrected chi connectivity index (χ3v) is 9.09. The van der Waals surface area contributed by atoms with E-state index in [0.717, 1.165) is 73.5 Å². The summed E-state index contributed by atoms with van der Waals surface area (Å²) in [4.78, 5) is 10.6. The van der Waals surface area contributed by atoms with E-state index in [1.807, 2.05) is 72.8 Å². The van der Waals surface area contributed by atoms with Gasteiger partial charge in [-0.3, -0.25) is 0 Å². The van der Waals surface area contributed by atoms with Crippen molar-refractivity contribution in [3.05, 3.63) is 144 Å². The molecule has 4 aromatic carbocycles. The lowest BCUT2D eigenvalue weighted by molar-refractivity contribution is -0.328. The quantitative estimate of drug-likeness (QED) is 0.0536. The fourth-order valence-corrected chi connectivity index (χ4v) is 6.29. The van der Waals surface area contributed by atoms with Crippen LogP contribution in [0.3, 0.4) is 0 Å². The van der Waals surface area contributed by atoms with Crippen LogP contribution in [0.2, 0.25) is 0 Å². The van der Waals surface area contributed by atoms with E-state index in [1.54, 1.807) is 0 Å². The molecule has 1 aliphatic heterocycles. The summed E-state index contributed by atoms with van der Waals surface area (Å²) in [6.07, 6.45) is 6.50. The van der Waals surface area contributed by atoms with Crippen molar-refractivity contribution < 1.29 is 33.2 Å². The third-order valence-electron chi connectivity index (χ3n) is 9.09. The van der Waals surface area contributed by atoms with Gasteiger partial charge in [0.2, 0.25) is 0 Å². The minimum Gasteiger partial charge on any atom is -0.374 e. The van der Waals surface area contributed by atoms with E-state index in [0.29, 0.717) is 46.1 Å². The zero-order chi connectivity index (χ0) is 35.2. The van der Waals surface area contributed by atoms with Crippen molar-refractivity contribution in [2.75, 3.05) is 13.2 Å². The summed E-state index contributed by atoms with van der Waals surface area (Å²) in [5.41, 5.74) is 4.27. The monoisotopic (exact) mass is 694 g/mol. The third kappa shape index (κ3) is 13.8. The summed E-state index contributed by atoms with van der Waals surface area (Å²) in [5.74, 6) is 0. The first-order valence-electron chi connectivity index (χ1n) is 18.6. The summed E-state index contributed by atoms with van der Waals surface area (Å²) in [6, 6.07) is 40.6. The molecular formula is C44H54O7. The number of ether oxygens (including phenoxy) is 6. The minimum absolute atomic E-state index is 0.301. The lowest BCUT2D eigenvalue weighted by Gasteiger charge is -2.46. The molecule has 5 atom stereocenters. The summed E-state index contributed by atoms with van der Waals surface area (Å²) in [6.45, 7) is 2.45. The SMILES string of the molecule is O=CCCCCCCCCCOC1O[C@H](COCc2ccccc2)[C@@H](OCc2ccccc2)[C@H](OCc2ccccc2)[C@H]1OCc1ccccc1. The van der Waals surface area contributed by atoms with Gasteiger partial charge in [0.1, 0.15) is 30.7 Å². The topological polar surface area (TPSA) is 72.5 Å². The average molecular weight is 695 g/mol. The van der Waals surface area contributed by atoms with Crippen LogP contribution in [0.15, 0.2) is 121 Å². The zero-order valence-electron chi connectivity index (χ0n) is 29.8. The van der Waals surface area contributed by atoms with Gasteiger partial charge >= 0.3 is 0 Å². The molecule has 1 heterocycles. The van der Waals surface area contributed by atoms with Gasteiger partial charge in [-0.05, 0) is 35.1 Å². The average Bonchev–Trinajstić information content (AvgIpc) is 3.18. The first kappa shape index (κ1) is 38.5. The highest BCUT2D eigenvalue weighted by molar-refractivity contribution is 5.48. The first-order valence-corrected chi connectivity index (χ1v) is 18.6. The Morgan fingerprint density at radius 1 is 0.471 bits per heavy atom. The van der Waals surface area contributed by atoms with Gasteiger partial charge in [-0.2, -0.15) is 0 Å². The van der Waals surface area contributed by atoms with Crippen molar-refractivity contribution in [1.29, 1.82) is 0 Å². The highest BCUT2D eigenvalue weighted by Gasteiger charge is 2.49. The Hall–Kier alpha value is -3.69. The molecule has 4 aromatic rings. The predicted octanol–water partition coefficient (Wildman–Crippen LogP) is 9.02. The number of carbonyl (C=O) groups is 1. The molecule has 272 valence electrons. The highest BCUT2D eigenvalue weighted by atomic mass is 16.7. The molecule has 0 radical (unpaired) electrons. The minimum atomic E-state index is -0.681. The molecule has 1 aliphatic rings. The highest BCUT2D eigenvalue weighted by Crippen LogP contribution is 2.32. The summed E-state index contributed by atoms with van der Waals surface area (Å²) in [7, 11) is 0. The molecule has 0 saturated carbocycles. The van der Waals surface area contributed by atoms with E-state index in [2.05, 4.69) is 48.5 Å². The molecule has 0 spiro atoms. The van der Waals surface area contributed by atoms with Crippen LogP contribution in [-0.4, -0.2) is 50.2 Å². The van der Waals surface area contributed by atoms with Crippen molar-refractivity contribution >= 4 is 6.29 Å². The summed E-state index contributed by atoms with van der Waals surface area (Å²) in [5, 5.41) is 0. The van der Waals surface area contributed by atoms with E-state index >= 15 is 0 Å². The van der Waals surface area contributed by atoms with Gasteiger partial charge in [-0.25, -0.2) is 0 Å². The molecule has 0 aliphatic carbocycles. The van der Waals surface area contributed by atoms with Crippen molar-refractivity contribution in [2.45, 2.75) is 108 Å². The number of hydrogen-bond acceptors (Lipinski definition) is 7. The van der Waals surface area contributed by atoms with E-state index < -0.39 is 30.7 Å². The van der Waals surface area contributed by atoms with E-state index in [-0.39, 0.29) is 0 Å². The van der Waals surface area contributed by atoms with Crippen LogP contribution < -0.4 is 0 Å². The van der Waals surface area contributed by atoms with Gasteiger partial charge in [0.25, 0.3) is 0 Å². The van der Waals surface area contributed by atoms with Crippen LogP contribution in [-0.2, 0) is 59.6 Å². The van der Waals surface area contributed by atoms with Crippen LogP contribution in [0.25, 0.3) is 0 Å². The Morgan fingerprint density at radius 2 is 0.902 bits per heavy atom. The van der Waals surface area contributed by atoms with Crippen LogP contribution >= 0.6 is 0 Å². The Labute approximate surface area is 304 Å². The molecule has 1 fully saturated rings. The van der Waals surface area contributed by atoms with Crippen LogP contribution in [0, 0.1) is 0 Å². The molecule has 1 saturated heterocycles. The van der Waals surface area contributed by atoms with Crippen molar-refractivity contribution in [1.82, 2.24) is 0 Å². The number of unbranched alkanes of at least 4 members (excludes halogenated alkanes) is 7. The largest absolute Gasteiger partial charge is 0.374 e. The smallest absolute Gasteiger partial charge is 0.186 e. The second-order valence-electron chi connectivity index (χ2n) is 13.1. The normalized spacial score (nSPS) is 20.3. The van der Waals surface area contributed by atoms with Gasteiger partial charge in [0.15, 0.2) is 6.29 Å². The molecule has 51 heavy (non-hydrogen) atoms. The van der Waals surface area contributed by atoms with Crippen LogP contribution in [0.1, 0.15) is 73.6 Å². The molecule has 7 heteroatoms. The van der Waals surface area contributed by atoms with Crippen LogP contribution in [0.5, 0.6) is 0 Å². The lowest BCUT2D eigenvalue weighted by Crippen LogP contribution is -2.61. The van der Waals surface area contributed by atoms with Crippen LogP contribution in [0.4, 0.5) is 0 Å². The predicted molar refractivity (Wildman–Crippen MR) is 199 cm³/mol. The molecule has 1 unspecified atom stereocenters. The van der Waals surface area contributed by atoms with Gasteiger partial charge in [-0.15, -0.1) is 0 Å². The number of rotatable bonds is 24. The Kier molecular flexibility index (Phi) is 17.4.